The Labute approximate surface area is 151 Å². The van der Waals surface area contributed by atoms with Gasteiger partial charge in [0.05, 0.1) is 11.8 Å². The smallest absolute Gasteiger partial charge is 0.242 e. The van der Waals surface area contributed by atoms with Crippen molar-refractivity contribution in [1.82, 2.24) is 14.5 Å². The van der Waals surface area contributed by atoms with Crippen LogP contribution in [-0.4, -0.2) is 44.7 Å². The lowest BCUT2D eigenvalue weighted by molar-refractivity contribution is -0.133. The second-order valence-corrected chi connectivity index (χ2v) is 6.68. The van der Waals surface area contributed by atoms with E-state index < -0.39 is 0 Å². The first kappa shape index (κ1) is 16.7. The van der Waals surface area contributed by atoms with E-state index in [9.17, 15) is 14.3 Å². The van der Waals surface area contributed by atoms with Crippen LogP contribution in [0.4, 0.5) is 4.39 Å². The number of hydrogen-bond acceptors (Lipinski definition) is 3. The summed E-state index contributed by atoms with van der Waals surface area (Å²) in [7, 11) is 0. The highest BCUT2D eigenvalue weighted by molar-refractivity contribution is 5.78. The van der Waals surface area contributed by atoms with Gasteiger partial charge in [0.1, 0.15) is 18.2 Å². The Morgan fingerprint density at radius 1 is 1.15 bits per heavy atom. The minimum Gasteiger partial charge on any atom is -0.393 e. The van der Waals surface area contributed by atoms with Crippen molar-refractivity contribution in [2.75, 3.05) is 13.1 Å². The molecule has 3 heterocycles. The predicted molar refractivity (Wildman–Crippen MR) is 96.1 cm³/mol. The first-order valence-corrected chi connectivity index (χ1v) is 8.78. The monoisotopic (exact) mass is 353 g/mol. The molecule has 0 spiro atoms. The van der Waals surface area contributed by atoms with Crippen LogP contribution in [0.2, 0.25) is 0 Å². The lowest BCUT2D eigenvalue weighted by Gasteiger charge is -2.30. The van der Waals surface area contributed by atoms with Gasteiger partial charge in [-0.25, -0.2) is 9.37 Å². The van der Waals surface area contributed by atoms with E-state index in [1.165, 1.54) is 12.1 Å². The molecule has 0 saturated carbocycles. The normalized spacial score (nSPS) is 15.5. The molecule has 3 aliphatic rings. The predicted octanol–water partition coefficient (Wildman–Crippen LogP) is 2.78. The van der Waals surface area contributed by atoms with Crippen molar-refractivity contribution in [1.29, 1.82) is 0 Å². The Morgan fingerprint density at radius 3 is 2.62 bits per heavy atom. The lowest BCUT2D eigenvalue weighted by atomic mass is 10.1. The molecule has 134 valence electrons. The van der Waals surface area contributed by atoms with E-state index in [1.807, 2.05) is 29.0 Å². The maximum atomic E-state index is 13.1. The number of hydrogen-bond donors (Lipinski definition) is 1. The van der Waals surface area contributed by atoms with Crippen molar-refractivity contribution in [3.05, 3.63) is 54.5 Å². The quantitative estimate of drug-likeness (QED) is 0.788. The molecule has 0 bridgehead atoms. The molecule has 1 aromatic carbocycles. The second kappa shape index (κ2) is 6.88. The van der Waals surface area contributed by atoms with Gasteiger partial charge in [0, 0.05) is 30.4 Å². The zero-order valence-electron chi connectivity index (χ0n) is 14.3. The van der Waals surface area contributed by atoms with Gasteiger partial charge < -0.3 is 14.6 Å². The number of carbonyl (C=O) groups excluding carboxylic acids is 1. The Morgan fingerprint density at radius 2 is 1.88 bits per heavy atom. The molecule has 3 aliphatic heterocycles. The number of carbonyl (C=O) groups is 1. The maximum Gasteiger partial charge on any atom is 0.242 e. The highest BCUT2D eigenvalue weighted by atomic mass is 19.1. The van der Waals surface area contributed by atoms with E-state index in [2.05, 4.69) is 4.98 Å². The first-order chi connectivity index (χ1) is 12.6. The minimum atomic E-state index is -0.301. The number of likely N-dealkylation sites (tertiary alicyclic amines) is 1. The molecule has 0 aromatic heterocycles. The third-order valence-corrected chi connectivity index (χ3v) is 4.85. The number of nitrogens with zero attached hydrogens (tertiary/aromatic N) is 3. The number of aromatic nitrogens is 2. The highest BCUT2D eigenvalue weighted by Gasteiger charge is 2.22. The van der Waals surface area contributed by atoms with E-state index in [1.54, 1.807) is 17.0 Å². The fraction of sp³-hybridized carbons (Fsp3) is 0.300. The second-order valence-electron chi connectivity index (χ2n) is 6.68. The number of benzene rings is 1. The molecule has 1 fully saturated rings. The molecule has 1 N–H and O–H groups in total. The fourth-order valence-electron chi connectivity index (χ4n) is 3.35. The molecular weight excluding hydrogens is 333 g/mol. The summed E-state index contributed by atoms with van der Waals surface area (Å²) in [5.41, 5.74) is 2.53. The molecule has 6 heteroatoms. The number of halogens is 1. The number of rotatable bonds is 3. The fourth-order valence-corrected chi connectivity index (χ4v) is 3.35. The summed E-state index contributed by atoms with van der Waals surface area (Å²) in [4.78, 5) is 19.0. The highest BCUT2D eigenvalue weighted by Crippen LogP contribution is 2.28. The molecule has 1 aromatic rings. The zero-order valence-corrected chi connectivity index (χ0v) is 14.3. The van der Waals surface area contributed by atoms with E-state index in [0.29, 0.717) is 25.9 Å². The third-order valence-electron chi connectivity index (χ3n) is 4.85. The van der Waals surface area contributed by atoms with Crippen molar-refractivity contribution >= 4 is 5.91 Å². The van der Waals surface area contributed by atoms with Crippen LogP contribution >= 0.6 is 0 Å². The summed E-state index contributed by atoms with van der Waals surface area (Å²) in [5.74, 6) is 0.482. The van der Waals surface area contributed by atoms with Crippen molar-refractivity contribution < 1.29 is 14.3 Å². The number of amides is 1. The molecular formula is C20H20FN3O2. The van der Waals surface area contributed by atoms with Crippen molar-refractivity contribution in [2.24, 2.45) is 0 Å². The largest absolute Gasteiger partial charge is 0.393 e. The summed E-state index contributed by atoms with van der Waals surface area (Å²) in [6, 6.07) is 12.0. The van der Waals surface area contributed by atoms with Crippen molar-refractivity contribution in [3.8, 4) is 22.6 Å². The number of aliphatic hydroxyl groups is 1. The van der Waals surface area contributed by atoms with Crippen molar-refractivity contribution in [3.63, 3.8) is 0 Å². The molecule has 0 radical (unpaired) electrons. The van der Waals surface area contributed by atoms with Crippen LogP contribution < -0.4 is 0 Å². The van der Waals surface area contributed by atoms with Crippen LogP contribution in [0.1, 0.15) is 12.8 Å². The Bertz CT molecular complexity index is 882. The van der Waals surface area contributed by atoms with E-state index in [-0.39, 0.29) is 24.4 Å². The van der Waals surface area contributed by atoms with Crippen LogP contribution in [0.3, 0.4) is 0 Å². The topological polar surface area (TPSA) is 58.4 Å². The zero-order chi connectivity index (χ0) is 18.1. The van der Waals surface area contributed by atoms with Gasteiger partial charge in [0.2, 0.25) is 5.91 Å². The molecule has 1 saturated heterocycles. The van der Waals surface area contributed by atoms with Gasteiger partial charge in [0.25, 0.3) is 0 Å². The van der Waals surface area contributed by atoms with Crippen molar-refractivity contribution in [2.45, 2.75) is 25.5 Å². The molecule has 0 atom stereocenters. The Balaban J connectivity index is 1.58. The van der Waals surface area contributed by atoms with Crippen LogP contribution in [0.25, 0.3) is 22.6 Å². The molecule has 0 aliphatic carbocycles. The summed E-state index contributed by atoms with van der Waals surface area (Å²) >= 11 is 0. The van der Waals surface area contributed by atoms with Gasteiger partial charge in [-0.05, 0) is 55.3 Å². The van der Waals surface area contributed by atoms with Gasteiger partial charge in [-0.2, -0.15) is 0 Å². The van der Waals surface area contributed by atoms with Gasteiger partial charge in [0.15, 0.2) is 0 Å². The molecule has 1 amide bonds. The number of pyridine rings is 1. The van der Waals surface area contributed by atoms with Gasteiger partial charge >= 0.3 is 0 Å². The first-order valence-electron chi connectivity index (χ1n) is 8.78. The minimum absolute atomic E-state index is 0.0285. The van der Waals surface area contributed by atoms with Gasteiger partial charge in [-0.1, -0.05) is 0 Å². The number of aliphatic hydroxyl groups excluding tert-OH is 1. The summed E-state index contributed by atoms with van der Waals surface area (Å²) < 4.78 is 15.0. The average Bonchev–Trinajstić information content (AvgIpc) is 3.08. The van der Waals surface area contributed by atoms with Gasteiger partial charge in [-0.3, -0.25) is 4.79 Å². The van der Waals surface area contributed by atoms with E-state index >= 15 is 0 Å². The molecule has 0 unspecified atom stereocenters. The van der Waals surface area contributed by atoms with Gasteiger partial charge in [-0.15, -0.1) is 0 Å². The van der Waals surface area contributed by atoms with Crippen LogP contribution in [0, 0.1) is 5.82 Å². The summed E-state index contributed by atoms with van der Waals surface area (Å²) in [6.07, 6.45) is 2.80. The van der Waals surface area contributed by atoms with Crippen LogP contribution in [0.5, 0.6) is 0 Å². The Kier molecular flexibility index (Phi) is 4.42. The molecule has 4 rings (SSSR count). The van der Waals surface area contributed by atoms with E-state index in [4.69, 9.17) is 0 Å². The van der Waals surface area contributed by atoms with Crippen LogP contribution in [-0.2, 0) is 11.3 Å². The summed E-state index contributed by atoms with van der Waals surface area (Å²) in [6.45, 7) is 1.39. The molecule has 26 heavy (non-hydrogen) atoms. The summed E-state index contributed by atoms with van der Waals surface area (Å²) in [5, 5.41) is 9.59. The van der Waals surface area contributed by atoms with E-state index in [0.717, 1.165) is 22.6 Å². The third kappa shape index (κ3) is 3.32. The molecule has 5 nitrogen and oxygen atoms in total. The Hall–Kier alpha value is -2.73. The lowest BCUT2D eigenvalue weighted by Crippen LogP contribution is -2.41. The average molecular weight is 353 g/mol. The number of piperidine rings is 1. The van der Waals surface area contributed by atoms with Crippen LogP contribution in [0.15, 0.2) is 48.7 Å². The maximum absolute atomic E-state index is 13.1. The SMILES string of the molecule is O=C(Cn1cccc2cc(-c3ccc(F)cc3)nc1-2)N1CCC(O)CC1. The number of fused-ring (bicyclic) bond motifs is 1. The standard InChI is InChI=1S/C20H20FN3O2/c21-16-5-3-14(4-6-16)18-12-15-2-1-9-24(20(15)22-18)13-19(26)23-10-7-17(25)8-11-23/h1-6,9,12,17,25H,7-8,10-11,13H2.